The number of allylic oxidation sites excluding steroid dienone is 1. The molecule has 0 aromatic rings. The molecule has 1 saturated heterocycles. The molecule has 2 rings (SSSR count). The third-order valence-corrected chi connectivity index (χ3v) is 4.83. The molecule has 3 heteroatoms. The van der Waals surface area contributed by atoms with Crippen molar-refractivity contribution in [1.82, 2.24) is 4.31 Å². The molecule has 3 atom stereocenters. The van der Waals surface area contributed by atoms with Gasteiger partial charge >= 0.3 is 0 Å². The van der Waals surface area contributed by atoms with Crippen LogP contribution in [0.4, 0.5) is 0 Å². The van der Waals surface area contributed by atoms with Gasteiger partial charge in [0.15, 0.2) is 0 Å². The van der Waals surface area contributed by atoms with Gasteiger partial charge in [-0.25, -0.2) is 0 Å². The quantitative estimate of drug-likeness (QED) is 0.662. The normalized spacial score (nSPS) is 34.1. The maximum absolute atomic E-state index is 12.4. The van der Waals surface area contributed by atoms with E-state index in [1.54, 1.807) is 11.9 Å². The Hall–Kier alpha value is -0.440. The van der Waals surface area contributed by atoms with Gasteiger partial charge < -0.3 is 0 Å². The van der Waals surface area contributed by atoms with Crippen LogP contribution in [0.5, 0.6) is 0 Å². The van der Waals surface area contributed by atoms with Gasteiger partial charge in [0, 0.05) is 22.3 Å². The Morgan fingerprint density at radius 3 is 2.53 bits per heavy atom. The Bertz CT molecular complexity index is 345. The van der Waals surface area contributed by atoms with Crippen molar-refractivity contribution in [2.24, 2.45) is 17.8 Å². The van der Waals surface area contributed by atoms with Crippen molar-refractivity contribution in [3.63, 3.8) is 0 Å². The van der Waals surface area contributed by atoms with Crippen molar-refractivity contribution in [2.75, 3.05) is 0 Å². The topological polar surface area (TPSA) is 20.3 Å². The van der Waals surface area contributed by atoms with E-state index in [0.29, 0.717) is 11.8 Å². The highest BCUT2D eigenvalue weighted by Gasteiger charge is 2.47. The highest BCUT2D eigenvalue weighted by atomic mass is 32.2. The van der Waals surface area contributed by atoms with Gasteiger partial charge in [-0.1, -0.05) is 13.5 Å². The number of carbonyl (C=O) groups is 1. The molecule has 1 heterocycles. The van der Waals surface area contributed by atoms with E-state index >= 15 is 0 Å². The smallest absolute Gasteiger partial charge is 0.240 e. The number of hydrogen-bond acceptors (Lipinski definition) is 2. The predicted octanol–water partition coefficient (Wildman–Crippen LogP) is 3.84. The summed E-state index contributed by atoms with van der Waals surface area (Å²) < 4.78 is 1.95. The number of fused-ring (bicyclic) bond motifs is 1. The fraction of sp³-hybridized carbons (Fsp3) is 0.786. The summed E-state index contributed by atoms with van der Waals surface area (Å²) >= 11 is 1.63. The van der Waals surface area contributed by atoms with Gasteiger partial charge in [-0.3, -0.25) is 9.10 Å². The summed E-state index contributed by atoms with van der Waals surface area (Å²) in [4.78, 5) is 12.4. The van der Waals surface area contributed by atoms with E-state index in [1.807, 2.05) is 4.31 Å². The van der Waals surface area contributed by atoms with Crippen LogP contribution in [0.1, 0.15) is 47.0 Å². The lowest BCUT2D eigenvalue weighted by molar-refractivity contribution is -0.127. The van der Waals surface area contributed by atoms with E-state index < -0.39 is 0 Å². The van der Waals surface area contributed by atoms with E-state index in [2.05, 4.69) is 34.3 Å². The minimum absolute atomic E-state index is 0.0672. The molecule has 2 aliphatic rings. The van der Waals surface area contributed by atoms with Gasteiger partial charge in [0.05, 0.1) is 0 Å². The van der Waals surface area contributed by atoms with Gasteiger partial charge in [-0.05, 0) is 57.9 Å². The molecule has 2 fully saturated rings. The Labute approximate surface area is 109 Å². The van der Waals surface area contributed by atoms with Crippen LogP contribution in [-0.2, 0) is 4.79 Å². The number of amides is 1. The zero-order valence-electron chi connectivity index (χ0n) is 11.3. The number of nitrogens with zero attached hydrogens (tertiary/aromatic N) is 1. The molecule has 0 aromatic heterocycles. The first-order valence-electron chi connectivity index (χ1n) is 6.51. The summed E-state index contributed by atoms with van der Waals surface area (Å²) in [5.74, 6) is 1.65. The Kier molecular flexibility index (Phi) is 3.32. The van der Waals surface area contributed by atoms with Crippen LogP contribution >= 0.6 is 11.9 Å². The van der Waals surface area contributed by atoms with Crippen LogP contribution in [0.2, 0.25) is 0 Å². The molecule has 96 valence electrons. The summed E-state index contributed by atoms with van der Waals surface area (Å²) in [5, 5.41) is 0. The van der Waals surface area contributed by atoms with Crippen molar-refractivity contribution >= 4 is 17.9 Å². The van der Waals surface area contributed by atoms with Crippen molar-refractivity contribution in [1.29, 1.82) is 0 Å². The maximum Gasteiger partial charge on any atom is 0.240 e. The van der Waals surface area contributed by atoms with E-state index in [-0.39, 0.29) is 10.7 Å². The second-order valence-corrected chi connectivity index (χ2v) is 8.23. The van der Waals surface area contributed by atoms with Crippen molar-refractivity contribution < 1.29 is 4.79 Å². The number of rotatable bonds is 1. The molecule has 1 aliphatic heterocycles. The average Bonchev–Trinajstić information content (AvgIpc) is 2.42. The standard InChI is InChI=1S/C14H23NOS/c1-9-6-7-11-12(8-9)10(2)15(13(11)16)17-14(3,4)5/h9,11-12H,2,6-8H2,1,3-5H3. The first-order valence-corrected chi connectivity index (χ1v) is 7.29. The summed E-state index contributed by atoms with van der Waals surface area (Å²) in [6, 6.07) is 0. The van der Waals surface area contributed by atoms with Crippen LogP contribution in [0.3, 0.4) is 0 Å². The second-order valence-electron chi connectivity index (χ2n) is 6.46. The highest BCUT2D eigenvalue weighted by molar-refractivity contribution is 7.99. The minimum atomic E-state index is 0.0672. The predicted molar refractivity (Wildman–Crippen MR) is 73.3 cm³/mol. The Morgan fingerprint density at radius 2 is 1.94 bits per heavy atom. The van der Waals surface area contributed by atoms with Crippen LogP contribution < -0.4 is 0 Å². The van der Waals surface area contributed by atoms with Gasteiger partial charge in [-0.2, -0.15) is 0 Å². The molecule has 1 amide bonds. The van der Waals surface area contributed by atoms with Crippen LogP contribution in [0.25, 0.3) is 0 Å². The summed E-state index contributed by atoms with van der Waals surface area (Å²) in [7, 11) is 0. The maximum atomic E-state index is 12.4. The minimum Gasteiger partial charge on any atom is -0.273 e. The zero-order chi connectivity index (χ0) is 12.8. The second kappa shape index (κ2) is 4.34. The van der Waals surface area contributed by atoms with E-state index in [0.717, 1.165) is 24.5 Å². The summed E-state index contributed by atoms with van der Waals surface area (Å²) in [5.41, 5.74) is 1.05. The molecular formula is C14H23NOS. The number of carbonyl (C=O) groups excluding carboxylic acids is 1. The molecule has 3 unspecified atom stereocenters. The fourth-order valence-corrected chi connectivity index (χ4v) is 3.89. The molecule has 17 heavy (non-hydrogen) atoms. The van der Waals surface area contributed by atoms with Gasteiger partial charge in [0.1, 0.15) is 0 Å². The van der Waals surface area contributed by atoms with Crippen molar-refractivity contribution in [3.05, 3.63) is 12.3 Å². The lowest BCUT2D eigenvalue weighted by atomic mass is 9.75. The summed E-state index contributed by atoms with van der Waals surface area (Å²) in [6.07, 6.45) is 3.37. The van der Waals surface area contributed by atoms with E-state index in [1.165, 1.54) is 6.42 Å². The Balaban J connectivity index is 2.16. The first-order chi connectivity index (χ1) is 7.79. The molecule has 1 saturated carbocycles. The van der Waals surface area contributed by atoms with Gasteiger partial charge in [-0.15, -0.1) is 0 Å². The van der Waals surface area contributed by atoms with Crippen LogP contribution in [0.15, 0.2) is 12.3 Å². The fourth-order valence-electron chi connectivity index (χ4n) is 2.86. The Morgan fingerprint density at radius 1 is 1.29 bits per heavy atom. The van der Waals surface area contributed by atoms with Crippen molar-refractivity contribution in [2.45, 2.75) is 51.7 Å². The third-order valence-electron chi connectivity index (χ3n) is 3.68. The molecule has 2 nitrogen and oxygen atoms in total. The molecule has 0 N–H and O–H groups in total. The third kappa shape index (κ3) is 2.54. The van der Waals surface area contributed by atoms with Crippen LogP contribution in [0, 0.1) is 17.8 Å². The molecule has 1 aliphatic carbocycles. The molecule has 0 radical (unpaired) electrons. The monoisotopic (exact) mass is 253 g/mol. The first kappa shape index (κ1) is 13.0. The lowest BCUT2D eigenvalue weighted by Crippen LogP contribution is -2.26. The van der Waals surface area contributed by atoms with Gasteiger partial charge in [0.25, 0.3) is 0 Å². The van der Waals surface area contributed by atoms with Crippen LogP contribution in [-0.4, -0.2) is 15.0 Å². The van der Waals surface area contributed by atoms with E-state index in [9.17, 15) is 4.79 Å². The molecule has 0 aromatic carbocycles. The van der Waals surface area contributed by atoms with Crippen molar-refractivity contribution in [3.8, 4) is 0 Å². The molecule has 0 bridgehead atoms. The average molecular weight is 253 g/mol. The van der Waals surface area contributed by atoms with Gasteiger partial charge in [0.2, 0.25) is 5.91 Å². The zero-order valence-corrected chi connectivity index (χ0v) is 12.1. The number of hydrogen-bond donors (Lipinski definition) is 0. The lowest BCUT2D eigenvalue weighted by Gasteiger charge is -2.28. The molecule has 0 spiro atoms. The summed E-state index contributed by atoms with van der Waals surface area (Å²) in [6.45, 7) is 12.9. The van der Waals surface area contributed by atoms with E-state index in [4.69, 9.17) is 0 Å². The highest BCUT2D eigenvalue weighted by Crippen LogP contribution is 2.49. The largest absolute Gasteiger partial charge is 0.273 e. The SMILES string of the molecule is C=C1C2CC(C)CCC2C(=O)N1SC(C)(C)C. The molecular weight excluding hydrogens is 230 g/mol.